The fraction of sp³-hybridized carbons (Fsp3) is 0.452. The molecule has 0 aliphatic heterocycles. The number of thiazole rings is 1. The lowest BCUT2D eigenvalue weighted by atomic mass is 9.67. The van der Waals surface area contributed by atoms with E-state index in [-0.39, 0.29) is 35.4 Å². The third-order valence-corrected chi connectivity index (χ3v) is 11.1. The number of rotatable bonds is 6. The van der Waals surface area contributed by atoms with Crippen molar-refractivity contribution < 1.29 is 18.8 Å². The van der Waals surface area contributed by atoms with Crippen molar-refractivity contribution in [3.8, 4) is 17.3 Å². The number of aliphatic hydroxyl groups is 1. The Morgan fingerprint density at radius 1 is 1.24 bits per heavy atom. The predicted octanol–water partition coefficient (Wildman–Crippen LogP) is 8.38. The average molecular weight is 613 g/mol. The molecule has 0 saturated heterocycles. The van der Waals surface area contributed by atoms with Crippen LogP contribution in [0.5, 0.6) is 0 Å². The van der Waals surface area contributed by atoms with E-state index >= 15 is 0 Å². The van der Waals surface area contributed by atoms with Gasteiger partial charge in [-0.05, 0) is 81.0 Å². The van der Waals surface area contributed by atoms with Crippen LogP contribution in [0.3, 0.4) is 0 Å². The first kappa shape index (κ1) is 27.3. The number of aromatic nitrogens is 2. The average Bonchev–Trinajstić information content (AvgIpc) is 3.51. The molecule has 6 nitrogen and oxygen atoms in total. The molecule has 0 spiro atoms. The van der Waals surface area contributed by atoms with Gasteiger partial charge in [-0.3, -0.25) is 0 Å². The first-order chi connectivity index (χ1) is 19.6. The first-order valence-electron chi connectivity index (χ1n) is 13.9. The molecule has 5 atom stereocenters. The summed E-state index contributed by atoms with van der Waals surface area (Å²) in [5.74, 6) is 0.617. The van der Waals surface area contributed by atoms with Crippen LogP contribution in [-0.4, -0.2) is 20.8 Å². The van der Waals surface area contributed by atoms with Crippen molar-refractivity contribution in [2.24, 2.45) is 17.8 Å². The summed E-state index contributed by atoms with van der Waals surface area (Å²) in [6, 6.07) is 10.2. The van der Waals surface area contributed by atoms with E-state index in [0.29, 0.717) is 49.8 Å². The molecule has 0 amide bonds. The summed E-state index contributed by atoms with van der Waals surface area (Å²) in [7, 11) is 0. The molecule has 2 heterocycles. The van der Waals surface area contributed by atoms with Crippen LogP contribution in [0.2, 0.25) is 10.0 Å². The monoisotopic (exact) mass is 611 g/mol. The number of fused-ring (bicyclic) bond motifs is 3. The summed E-state index contributed by atoms with van der Waals surface area (Å²) in [5, 5.41) is 27.4. The molecule has 3 fully saturated rings. The smallest absolute Gasteiger partial charge is 0.151 e. The van der Waals surface area contributed by atoms with E-state index in [2.05, 4.69) is 24.0 Å². The van der Waals surface area contributed by atoms with Gasteiger partial charge < -0.3 is 14.4 Å². The molecule has 212 valence electrons. The molecule has 2 bridgehead atoms. The van der Waals surface area contributed by atoms with Crippen LogP contribution in [0.1, 0.15) is 73.8 Å². The fourth-order valence-corrected chi connectivity index (χ4v) is 8.99. The van der Waals surface area contributed by atoms with Crippen LogP contribution in [0.15, 0.2) is 34.9 Å². The maximum atomic E-state index is 14.7. The van der Waals surface area contributed by atoms with Gasteiger partial charge in [-0.2, -0.15) is 5.26 Å². The second kappa shape index (κ2) is 9.75. The summed E-state index contributed by atoms with van der Waals surface area (Å²) in [4.78, 5) is 4.59. The first-order valence-corrected chi connectivity index (χ1v) is 15.5. The lowest BCUT2D eigenvalue weighted by Gasteiger charge is -2.47. The van der Waals surface area contributed by atoms with Crippen LogP contribution in [-0.2, 0) is 16.9 Å². The number of nitriles is 1. The number of ether oxygens (including phenoxy) is 1. The van der Waals surface area contributed by atoms with Crippen molar-refractivity contribution in [1.82, 2.24) is 10.1 Å². The van der Waals surface area contributed by atoms with Crippen LogP contribution < -0.4 is 0 Å². The lowest BCUT2D eigenvalue weighted by Crippen LogP contribution is -2.50. The Labute approximate surface area is 251 Å². The van der Waals surface area contributed by atoms with Crippen LogP contribution in [0, 0.1) is 34.9 Å². The van der Waals surface area contributed by atoms with Gasteiger partial charge >= 0.3 is 0 Å². The second-order valence-corrected chi connectivity index (χ2v) is 14.0. The van der Waals surface area contributed by atoms with Gasteiger partial charge in [0.25, 0.3) is 0 Å². The van der Waals surface area contributed by atoms with Gasteiger partial charge in [-0.25, -0.2) is 9.37 Å². The van der Waals surface area contributed by atoms with E-state index in [1.165, 1.54) is 17.4 Å². The predicted molar refractivity (Wildman–Crippen MR) is 155 cm³/mol. The van der Waals surface area contributed by atoms with Crippen molar-refractivity contribution in [2.75, 3.05) is 0 Å². The number of halogens is 3. The summed E-state index contributed by atoms with van der Waals surface area (Å²) in [6.45, 7) is 4.55. The minimum atomic E-state index is -1.18. The molecule has 0 radical (unpaired) electrons. The van der Waals surface area contributed by atoms with Crippen molar-refractivity contribution >= 4 is 44.8 Å². The molecule has 3 saturated carbocycles. The highest BCUT2D eigenvalue weighted by Crippen LogP contribution is 2.61. The molecule has 4 aromatic rings. The molecule has 1 N–H and O–H groups in total. The van der Waals surface area contributed by atoms with E-state index in [9.17, 15) is 14.8 Å². The van der Waals surface area contributed by atoms with Gasteiger partial charge in [0.2, 0.25) is 0 Å². The largest absolute Gasteiger partial charge is 0.382 e. The zero-order valence-corrected chi connectivity index (χ0v) is 24.9. The molecule has 3 aliphatic rings. The molecule has 10 heteroatoms. The molecule has 2 aromatic heterocycles. The number of hydrogen-bond acceptors (Lipinski definition) is 7. The third kappa shape index (κ3) is 4.40. The Balaban J connectivity index is 1.19. The third-order valence-electron chi connectivity index (χ3n) is 9.31. The number of benzene rings is 2. The second-order valence-electron chi connectivity index (χ2n) is 12.2. The summed E-state index contributed by atoms with van der Waals surface area (Å²) in [5.41, 5.74) is 0.891. The molecular formula is C31H28Cl2FN3O3S. The Bertz CT molecular complexity index is 1710. The Hall–Kier alpha value is -2.54. The van der Waals surface area contributed by atoms with Gasteiger partial charge in [0, 0.05) is 17.0 Å². The van der Waals surface area contributed by atoms with Crippen molar-refractivity contribution in [1.29, 1.82) is 5.26 Å². The molecule has 1 unspecified atom stereocenters. The highest BCUT2D eigenvalue weighted by Gasteiger charge is 2.62. The van der Waals surface area contributed by atoms with E-state index in [0.717, 1.165) is 30.6 Å². The maximum absolute atomic E-state index is 14.7. The molecule has 41 heavy (non-hydrogen) atoms. The summed E-state index contributed by atoms with van der Waals surface area (Å²) >= 11 is 14.4. The summed E-state index contributed by atoms with van der Waals surface area (Å²) < 4.78 is 27.9. The normalized spacial score (nSPS) is 29.2. The molecule has 3 aliphatic carbocycles. The topological polar surface area (TPSA) is 92.2 Å². The lowest BCUT2D eigenvalue weighted by molar-refractivity contribution is -0.161. The van der Waals surface area contributed by atoms with Gasteiger partial charge in [-0.1, -0.05) is 41.3 Å². The van der Waals surface area contributed by atoms with Crippen LogP contribution in [0.4, 0.5) is 4.39 Å². The highest BCUT2D eigenvalue weighted by molar-refractivity contribution is 7.18. The Kier molecular flexibility index (Phi) is 6.49. The number of hydrogen-bond donors (Lipinski definition) is 1. The quantitative estimate of drug-likeness (QED) is 0.235. The van der Waals surface area contributed by atoms with Gasteiger partial charge in [0.05, 0.1) is 38.6 Å². The van der Waals surface area contributed by atoms with Crippen LogP contribution >= 0.6 is 34.5 Å². The van der Waals surface area contributed by atoms with E-state index < -0.39 is 17.0 Å². The molecular weight excluding hydrogens is 584 g/mol. The minimum Gasteiger partial charge on any atom is -0.382 e. The van der Waals surface area contributed by atoms with Gasteiger partial charge in [-0.15, -0.1) is 11.3 Å². The zero-order chi connectivity index (χ0) is 28.7. The van der Waals surface area contributed by atoms with E-state index in [1.807, 2.05) is 6.07 Å². The SMILES string of the molecule is C[C@H]1C[C@@H]2CC(C)(OCc3c(-c4c(Cl)cccc4Cl)noc3C3CC3)C[C@H]1[C@]2(O)c1nc2c(F)cc(C#N)cc2s1. The van der Waals surface area contributed by atoms with Crippen molar-refractivity contribution in [3.05, 3.63) is 68.1 Å². The van der Waals surface area contributed by atoms with Crippen molar-refractivity contribution in [3.63, 3.8) is 0 Å². The Morgan fingerprint density at radius 3 is 2.68 bits per heavy atom. The van der Waals surface area contributed by atoms with E-state index in [4.69, 9.17) is 32.5 Å². The van der Waals surface area contributed by atoms with Gasteiger partial charge in [0.1, 0.15) is 27.6 Å². The number of nitrogens with zero attached hydrogens (tertiary/aromatic N) is 3. The minimum absolute atomic E-state index is 0.108. The Morgan fingerprint density at radius 2 is 2.00 bits per heavy atom. The zero-order valence-electron chi connectivity index (χ0n) is 22.6. The van der Waals surface area contributed by atoms with Crippen LogP contribution in [0.25, 0.3) is 21.5 Å². The highest BCUT2D eigenvalue weighted by atomic mass is 35.5. The summed E-state index contributed by atoms with van der Waals surface area (Å²) in [6.07, 6.45) is 4.15. The standard InChI is InChI=1S/C31H28Cl2FN3O3S/c1-15-8-18-11-30(2,12-20(15)31(18,38)29-36-27-23(34)9-16(13-35)10-24(27)41-29)39-14-19-26(37-40-28(19)17-6-7-17)25-21(32)4-3-5-22(25)33/h3-5,9-10,15,17-18,20,38H,6-8,11-12,14H2,1-2H3/t15-,18+,20+,30?,31-/m0/s1. The van der Waals surface area contributed by atoms with Crippen molar-refractivity contribution in [2.45, 2.75) is 69.7 Å². The fourth-order valence-electron chi connectivity index (χ4n) is 7.16. The van der Waals surface area contributed by atoms with E-state index in [1.54, 1.807) is 24.3 Å². The molecule has 2 aromatic carbocycles. The maximum Gasteiger partial charge on any atom is 0.151 e. The van der Waals surface area contributed by atoms with Gasteiger partial charge in [0.15, 0.2) is 5.82 Å². The molecule has 7 rings (SSSR count).